The Labute approximate surface area is 196 Å². The third kappa shape index (κ3) is 2.86. The molecule has 1 aromatic heterocycles. The first-order valence-corrected chi connectivity index (χ1v) is 11.8. The van der Waals surface area contributed by atoms with E-state index in [2.05, 4.69) is 4.90 Å². The van der Waals surface area contributed by atoms with Crippen molar-refractivity contribution < 1.29 is 9.59 Å². The molecule has 0 N–H and O–H groups in total. The SMILES string of the molecule is Cn1c(=O)n(C)c2cc(N3C(=O)c4cccc5c(N6CCCCCC6)ccc(c45)C3=O)ccc21. The average molecular weight is 455 g/mol. The summed E-state index contributed by atoms with van der Waals surface area (Å²) in [7, 11) is 3.40. The van der Waals surface area contributed by atoms with Crippen molar-refractivity contribution in [2.24, 2.45) is 14.1 Å². The highest BCUT2D eigenvalue weighted by atomic mass is 16.2. The second-order valence-corrected chi connectivity index (χ2v) is 9.28. The maximum Gasteiger partial charge on any atom is 0.328 e. The molecule has 0 bridgehead atoms. The van der Waals surface area contributed by atoms with Crippen molar-refractivity contribution in [2.45, 2.75) is 25.7 Å². The van der Waals surface area contributed by atoms with E-state index < -0.39 is 0 Å². The third-order valence-electron chi connectivity index (χ3n) is 7.35. The van der Waals surface area contributed by atoms with Crippen LogP contribution in [0.1, 0.15) is 46.4 Å². The summed E-state index contributed by atoms with van der Waals surface area (Å²) in [6.45, 7) is 1.98. The quantitative estimate of drug-likeness (QED) is 0.426. The van der Waals surface area contributed by atoms with Gasteiger partial charge in [-0.05, 0) is 49.2 Å². The van der Waals surface area contributed by atoms with Gasteiger partial charge < -0.3 is 4.90 Å². The highest BCUT2D eigenvalue weighted by Gasteiger charge is 2.35. The van der Waals surface area contributed by atoms with E-state index in [1.54, 1.807) is 42.9 Å². The number of fused-ring (bicyclic) bond motifs is 1. The minimum Gasteiger partial charge on any atom is -0.371 e. The van der Waals surface area contributed by atoms with Gasteiger partial charge in [-0.2, -0.15) is 0 Å². The lowest BCUT2D eigenvalue weighted by Crippen LogP contribution is -2.40. The number of imidazole rings is 1. The first-order valence-electron chi connectivity index (χ1n) is 11.8. The first-order chi connectivity index (χ1) is 16.5. The number of hydrogen-bond donors (Lipinski definition) is 0. The monoisotopic (exact) mass is 454 g/mol. The van der Waals surface area contributed by atoms with Crippen LogP contribution in [0.5, 0.6) is 0 Å². The molecule has 1 saturated heterocycles. The van der Waals surface area contributed by atoms with Gasteiger partial charge >= 0.3 is 5.69 Å². The zero-order valence-electron chi connectivity index (χ0n) is 19.4. The number of nitrogens with zero attached hydrogens (tertiary/aromatic N) is 4. The number of carbonyl (C=O) groups excluding carboxylic acids is 2. The zero-order chi connectivity index (χ0) is 23.6. The summed E-state index contributed by atoms with van der Waals surface area (Å²) in [5.74, 6) is -0.673. The van der Waals surface area contributed by atoms with Crippen molar-refractivity contribution in [1.82, 2.24) is 9.13 Å². The summed E-state index contributed by atoms with van der Waals surface area (Å²) in [6, 6.07) is 14.9. The van der Waals surface area contributed by atoms with Gasteiger partial charge in [-0.1, -0.05) is 25.0 Å². The standard InChI is InChI=1S/C27H26N4O3/c1-28-22-12-10-17(16-23(22)29(2)27(28)34)31-25(32)19-9-7-8-18-21(30-14-5-3-4-6-15-30)13-11-20(24(18)19)26(31)33/h7-13,16H,3-6,14-15H2,1-2H3. The highest BCUT2D eigenvalue weighted by Crippen LogP contribution is 2.38. The van der Waals surface area contributed by atoms with Gasteiger partial charge in [0.05, 0.1) is 16.7 Å². The lowest BCUT2D eigenvalue weighted by molar-refractivity contribution is 0.0893. The van der Waals surface area contributed by atoms with Gasteiger partial charge in [-0.3, -0.25) is 18.7 Å². The number of carbonyl (C=O) groups is 2. The van der Waals surface area contributed by atoms with Crippen molar-refractivity contribution in [2.75, 3.05) is 22.9 Å². The lowest BCUT2D eigenvalue weighted by Gasteiger charge is -2.30. The van der Waals surface area contributed by atoms with Crippen LogP contribution in [-0.4, -0.2) is 34.0 Å². The molecule has 34 heavy (non-hydrogen) atoms. The average Bonchev–Trinajstić information content (AvgIpc) is 3.04. The molecule has 4 aromatic rings. The Balaban J connectivity index is 1.50. The second kappa shape index (κ2) is 7.58. The number of aromatic nitrogens is 2. The number of hydrogen-bond acceptors (Lipinski definition) is 4. The Morgan fingerprint density at radius 2 is 1.38 bits per heavy atom. The Bertz CT molecular complexity index is 1530. The van der Waals surface area contributed by atoms with Crippen LogP contribution < -0.4 is 15.5 Å². The Morgan fingerprint density at radius 1 is 0.706 bits per heavy atom. The zero-order valence-corrected chi connectivity index (χ0v) is 19.4. The first kappa shape index (κ1) is 20.7. The molecule has 172 valence electrons. The van der Waals surface area contributed by atoms with Crippen LogP contribution in [0.3, 0.4) is 0 Å². The molecule has 3 heterocycles. The van der Waals surface area contributed by atoms with Crippen molar-refractivity contribution in [3.05, 3.63) is 70.1 Å². The van der Waals surface area contributed by atoms with Crippen molar-refractivity contribution >= 4 is 45.0 Å². The van der Waals surface area contributed by atoms with E-state index in [-0.39, 0.29) is 17.5 Å². The number of rotatable bonds is 2. The largest absolute Gasteiger partial charge is 0.371 e. The summed E-state index contributed by atoms with van der Waals surface area (Å²) in [6.07, 6.45) is 4.78. The molecule has 0 aliphatic carbocycles. The van der Waals surface area contributed by atoms with Gasteiger partial charge in [0.15, 0.2) is 0 Å². The van der Waals surface area contributed by atoms with Crippen LogP contribution in [0, 0.1) is 0 Å². The number of benzene rings is 3. The topological polar surface area (TPSA) is 67.6 Å². The van der Waals surface area contributed by atoms with Gasteiger partial charge in [0.25, 0.3) is 11.8 Å². The summed E-state index contributed by atoms with van der Waals surface area (Å²) in [5.41, 5.74) is 3.89. The van der Waals surface area contributed by atoms with E-state index in [1.165, 1.54) is 22.3 Å². The number of aryl methyl sites for hydroxylation is 2. The summed E-state index contributed by atoms with van der Waals surface area (Å²) >= 11 is 0. The Kier molecular flexibility index (Phi) is 4.62. The molecule has 0 unspecified atom stereocenters. The normalized spacial score (nSPS) is 16.5. The molecular formula is C27H26N4O3. The molecular weight excluding hydrogens is 428 g/mol. The van der Waals surface area contributed by atoms with E-state index in [9.17, 15) is 14.4 Å². The molecule has 2 amide bonds. The fraction of sp³-hybridized carbons (Fsp3) is 0.296. The molecule has 2 aliphatic rings. The van der Waals surface area contributed by atoms with Crippen LogP contribution in [0.15, 0.2) is 53.3 Å². The van der Waals surface area contributed by atoms with Gasteiger partial charge in [0.2, 0.25) is 0 Å². The number of amides is 2. The van der Waals surface area contributed by atoms with Gasteiger partial charge in [0.1, 0.15) is 0 Å². The minimum absolute atomic E-state index is 0.153. The van der Waals surface area contributed by atoms with Crippen molar-refractivity contribution in [1.29, 1.82) is 0 Å². The molecule has 0 saturated carbocycles. The van der Waals surface area contributed by atoms with Crippen molar-refractivity contribution in [3.8, 4) is 0 Å². The molecule has 1 fully saturated rings. The number of imide groups is 1. The van der Waals surface area contributed by atoms with Gasteiger partial charge in [-0.15, -0.1) is 0 Å². The minimum atomic E-state index is -0.337. The maximum atomic E-state index is 13.7. The maximum absolute atomic E-state index is 13.7. The van der Waals surface area contributed by atoms with E-state index in [0.29, 0.717) is 22.3 Å². The van der Waals surface area contributed by atoms with E-state index in [0.717, 1.165) is 47.9 Å². The van der Waals surface area contributed by atoms with Crippen LogP contribution in [0.4, 0.5) is 11.4 Å². The van der Waals surface area contributed by atoms with E-state index in [1.807, 2.05) is 24.3 Å². The fourth-order valence-corrected chi connectivity index (χ4v) is 5.54. The van der Waals surface area contributed by atoms with Gasteiger partial charge in [0, 0.05) is 54.8 Å². The fourth-order valence-electron chi connectivity index (χ4n) is 5.54. The molecule has 6 rings (SSSR count). The smallest absolute Gasteiger partial charge is 0.328 e. The molecule has 7 heteroatoms. The molecule has 0 radical (unpaired) electrons. The predicted molar refractivity (Wildman–Crippen MR) is 134 cm³/mol. The molecule has 7 nitrogen and oxygen atoms in total. The Hall–Kier alpha value is -3.87. The third-order valence-corrected chi connectivity index (χ3v) is 7.35. The molecule has 0 spiro atoms. The molecule has 3 aromatic carbocycles. The van der Waals surface area contributed by atoms with Crippen LogP contribution in [0.25, 0.3) is 21.8 Å². The van der Waals surface area contributed by atoms with Crippen LogP contribution in [0.2, 0.25) is 0 Å². The predicted octanol–water partition coefficient (Wildman–Crippen LogP) is 4.21. The van der Waals surface area contributed by atoms with Crippen LogP contribution >= 0.6 is 0 Å². The number of anilines is 2. The molecule has 0 atom stereocenters. The highest BCUT2D eigenvalue weighted by molar-refractivity contribution is 6.36. The molecule has 2 aliphatic heterocycles. The van der Waals surface area contributed by atoms with Gasteiger partial charge in [-0.25, -0.2) is 9.69 Å². The van der Waals surface area contributed by atoms with Crippen LogP contribution in [-0.2, 0) is 14.1 Å². The summed E-state index contributed by atoms with van der Waals surface area (Å²) < 4.78 is 3.08. The summed E-state index contributed by atoms with van der Waals surface area (Å²) in [4.78, 5) is 43.3. The second-order valence-electron chi connectivity index (χ2n) is 9.28. The summed E-state index contributed by atoms with van der Waals surface area (Å²) in [5, 5.41) is 1.70. The van der Waals surface area contributed by atoms with E-state index >= 15 is 0 Å². The Morgan fingerprint density at radius 3 is 2.12 bits per heavy atom. The lowest BCUT2D eigenvalue weighted by atomic mass is 9.92. The van der Waals surface area contributed by atoms with Crippen molar-refractivity contribution in [3.63, 3.8) is 0 Å². The van der Waals surface area contributed by atoms with E-state index in [4.69, 9.17) is 0 Å².